The van der Waals surface area contributed by atoms with Crippen LogP contribution in [0.15, 0.2) is 200 Å². The van der Waals surface area contributed by atoms with Gasteiger partial charge in [-0.25, -0.2) is 0 Å². The minimum Gasteiger partial charge on any atom is -0.355 e. The number of rotatable bonds is 14. The number of benzene rings is 7. The van der Waals surface area contributed by atoms with Crippen molar-refractivity contribution in [1.29, 1.82) is 0 Å². The number of nitrogens with one attached hydrogen (secondary N) is 1. The summed E-state index contributed by atoms with van der Waals surface area (Å²) in [5, 5.41) is 3.79. The molecule has 7 aromatic carbocycles. The highest BCUT2D eigenvalue weighted by atomic mass is 15.1. The molecule has 282 valence electrons. The lowest BCUT2D eigenvalue weighted by molar-refractivity contribution is 0.962. The largest absolute Gasteiger partial charge is 0.355 e. The van der Waals surface area contributed by atoms with Crippen LogP contribution in [0.25, 0.3) is 33.9 Å². The van der Waals surface area contributed by atoms with Gasteiger partial charge in [0.1, 0.15) is 0 Å². The molecule has 0 saturated carbocycles. The molecule has 0 aliphatic carbocycles. The van der Waals surface area contributed by atoms with Gasteiger partial charge in [-0.1, -0.05) is 165 Å². The fourth-order valence-corrected chi connectivity index (χ4v) is 7.48. The van der Waals surface area contributed by atoms with Crippen molar-refractivity contribution in [3.63, 3.8) is 0 Å². The van der Waals surface area contributed by atoms with Gasteiger partial charge >= 0.3 is 0 Å². The van der Waals surface area contributed by atoms with E-state index in [0.717, 1.165) is 47.7 Å². The highest BCUT2D eigenvalue weighted by Gasteiger charge is 2.18. The van der Waals surface area contributed by atoms with Gasteiger partial charge in [0, 0.05) is 34.9 Å². The first kappa shape index (κ1) is 38.6. The van der Waals surface area contributed by atoms with E-state index in [4.69, 9.17) is 0 Å². The third-order valence-corrected chi connectivity index (χ3v) is 10.5. The predicted molar refractivity (Wildman–Crippen MR) is 247 cm³/mol. The van der Waals surface area contributed by atoms with Crippen LogP contribution in [0.2, 0.25) is 0 Å². The number of unbranched alkanes of at least 4 members (excludes halogenated alkanes) is 1. The molecule has 7 rings (SSSR count). The summed E-state index contributed by atoms with van der Waals surface area (Å²) >= 11 is 0. The highest BCUT2D eigenvalue weighted by Crippen LogP contribution is 2.39. The molecular formula is C55H52N2. The van der Waals surface area contributed by atoms with E-state index >= 15 is 0 Å². The average molecular weight is 741 g/mol. The molecule has 1 N–H and O–H groups in total. The van der Waals surface area contributed by atoms with Crippen molar-refractivity contribution in [3.8, 4) is 22.3 Å². The van der Waals surface area contributed by atoms with E-state index in [0.29, 0.717) is 0 Å². The van der Waals surface area contributed by atoms with Crippen molar-refractivity contribution >= 4 is 34.4 Å². The molecule has 0 radical (unpaired) electrons. The van der Waals surface area contributed by atoms with Crippen LogP contribution >= 0.6 is 0 Å². The number of aryl methyl sites for hydroxylation is 1. The Morgan fingerprint density at radius 2 is 1.23 bits per heavy atom. The molecule has 0 fully saturated rings. The van der Waals surface area contributed by atoms with Crippen molar-refractivity contribution in [2.45, 2.75) is 47.0 Å². The normalized spacial score (nSPS) is 11.9. The minimum atomic E-state index is 0.722. The Balaban J connectivity index is 1.31. The van der Waals surface area contributed by atoms with Gasteiger partial charge in [0.25, 0.3) is 0 Å². The number of hydrogen-bond acceptors (Lipinski definition) is 2. The van der Waals surface area contributed by atoms with Gasteiger partial charge in [0.15, 0.2) is 0 Å². The first-order valence-electron chi connectivity index (χ1n) is 20.2. The monoisotopic (exact) mass is 740 g/mol. The quantitative estimate of drug-likeness (QED) is 0.112. The second-order valence-electron chi connectivity index (χ2n) is 14.6. The summed E-state index contributed by atoms with van der Waals surface area (Å²) in [6.45, 7) is 8.68. The topological polar surface area (TPSA) is 15.3 Å². The lowest BCUT2D eigenvalue weighted by Gasteiger charge is -2.27. The van der Waals surface area contributed by atoms with Crippen LogP contribution in [0.4, 0.5) is 22.7 Å². The zero-order valence-electron chi connectivity index (χ0n) is 33.6. The van der Waals surface area contributed by atoms with E-state index in [1.54, 1.807) is 0 Å². The van der Waals surface area contributed by atoms with Gasteiger partial charge in [0.05, 0.1) is 0 Å². The van der Waals surface area contributed by atoms with Gasteiger partial charge in [-0.15, -0.1) is 0 Å². The number of hydrogen-bond donors (Lipinski definition) is 1. The molecule has 0 heterocycles. The molecule has 7 aromatic rings. The van der Waals surface area contributed by atoms with E-state index < -0.39 is 0 Å². The van der Waals surface area contributed by atoms with Gasteiger partial charge in [-0.3, -0.25) is 0 Å². The second kappa shape index (κ2) is 18.8. The Labute approximate surface area is 340 Å². The van der Waals surface area contributed by atoms with Crippen LogP contribution < -0.4 is 10.2 Å². The van der Waals surface area contributed by atoms with Crippen LogP contribution in [0.3, 0.4) is 0 Å². The zero-order valence-corrected chi connectivity index (χ0v) is 33.6. The first-order valence-corrected chi connectivity index (χ1v) is 20.2. The molecule has 2 nitrogen and oxygen atoms in total. The Morgan fingerprint density at radius 1 is 0.596 bits per heavy atom. The van der Waals surface area contributed by atoms with Gasteiger partial charge < -0.3 is 10.2 Å². The maximum Gasteiger partial charge on any atom is 0.0464 e. The second-order valence-corrected chi connectivity index (χ2v) is 14.6. The molecule has 2 heteroatoms. The fourth-order valence-electron chi connectivity index (χ4n) is 7.48. The predicted octanol–water partition coefficient (Wildman–Crippen LogP) is 15.6. The van der Waals surface area contributed by atoms with Crippen molar-refractivity contribution in [2.24, 2.45) is 0 Å². The number of para-hydroxylation sites is 1. The Bertz CT molecular complexity index is 2470. The SMILES string of the molecule is C/C=C\C(Nc1ccccc1)=C(/Cc1cccc(N(c2ccc(C)cc2)c2ccc(-c3cccc(/C=C\CCC)c3C)cc2)c1)c1ccccc1-c1ccccc1. The van der Waals surface area contributed by atoms with Crippen LogP contribution in [-0.4, -0.2) is 0 Å². The Kier molecular flexibility index (Phi) is 12.7. The summed E-state index contributed by atoms with van der Waals surface area (Å²) in [6, 6.07) is 63.5. The van der Waals surface area contributed by atoms with E-state index in [1.807, 2.05) is 0 Å². The van der Waals surface area contributed by atoms with E-state index in [9.17, 15) is 0 Å². The van der Waals surface area contributed by atoms with Crippen molar-refractivity contribution in [1.82, 2.24) is 0 Å². The van der Waals surface area contributed by atoms with Gasteiger partial charge in [-0.05, 0) is 132 Å². The third kappa shape index (κ3) is 9.43. The molecule has 0 amide bonds. The summed E-state index contributed by atoms with van der Waals surface area (Å²) in [5.74, 6) is 0. The molecule has 0 unspecified atom stereocenters. The lowest BCUT2D eigenvalue weighted by Crippen LogP contribution is -2.10. The van der Waals surface area contributed by atoms with Crippen LogP contribution in [0, 0.1) is 13.8 Å². The molecule has 57 heavy (non-hydrogen) atoms. The van der Waals surface area contributed by atoms with Crippen molar-refractivity contribution in [2.75, 3.05) is 10.2 Å². The first-order chi connectivity index (χ1) is 28.0. The minimum absolute atomic E-state index is 0.722. The van der Waals surface area contributed by atoms with Gasteiger partial charge in [-0.2, -0.15) is 0 Å². The van der Waals surface area contributed by atoms with Crippen LogP contribution in [0.5, 0.6) is 0 Å². The zero-order chi connectivity index (χ0) is 39.4. The fraction of sp³-hybridized carbons (Fsp3) is 0.127. The van der Waals surface area contributed by atoms with Crippen LogP contribution in [-0.2, 0) is 6.42 Å². The Morgan fingerprint density at radius 3 is 1.95 bits per heavy atom. The summed E-state index contributed by atoms with van der Waals surface area (Å²) in [7, 11) is 0. The van der Waals surface area contributed by atoms with Crippen molar-refractivity contribution < 1.29 is 0 Å². The smallest absolute Gasteiger partial charge is 0.0464 e. The van der Waals surface area contributed by atoms with E-state index in [2.05, 4.69) is 238 Å². The standard InChI is InChI=1S/C55H52N2/c1-5-7-10-21-44-24-18-30-51(42(44)4)46-33-37-49(38-34-46)57(48-35-31-41(3)32-36-48)50-27-17-20-43(39-50)40-54(55(19-6-2)56-47-25-13-9-14-26-47)53-29-16-15-28-52(53)45-22-11-8-12-23-45/h6,8-39,56H,5,7,40H2,1-4H3/b19-6-,21-10-,55-54-. The van der Waals surface area contributed by atoms with E-state index in [1.165, 1.54) is 55.6 Å². The van der Waals surface area contributed by atoms with Crippen molar-refractivity contribution in [3.05, 3.63) is 228 Å². The number of allylic oxidation sites excluding steroid dienone is 4. The number of anilines is 4. The molecule has 0 saturated heterocycles. The number of nitrogens with zero attached hydrogens (tertiary/aromatic N) is 1. The molecule has 0 aliphatic rings. The third-order valence-electron chi connectivity index (χ3n) is 10.5. The van der Waals surface area contributed by atoms with E-state index in [-0.39, 0.29) is 0 Å². The summed E-state index contributed by atoms with van der Waals surface area (Å²) in [6.07, 6.45) is 11.8. The maximum atomic E-state index is 3.79. The molecular weight excluding hydrogens is 689 g/mol. The highest BCUT2D eigenvalue weighted by molar-refractivity contribution is 5.87. The average Bonchev–Trinajstić information content (AvgIpc) is 3.25. The Hall–Kier alpha value is -6.64. The molecule has 0 bridgehead atoms. The molecule has 0 atom stereocenters. The summed E-state index contributed by atoms with van der Waals surface area (Å²) in [5.41, 5.74) is 17.8. The summed E-state index contributed by atoms with van der Waals surface area (Å²) in [4.78, 5) is 2.37. The van der Waals surface area contributed by atoms with Gasteiger partial charge in [0.2, 0.25) is 0 Å². The molecule has 0 aromatic heterocycles. The van der Waals surface area contributed by atoms with Crippen LogP contribution in [0.1, 0.15) is 54.5 Å². The molecule has 0 spiro atoms. The summed E-state index contributed by atoms with van der Waals surface area (Å²) < 4.78 is 0. The molecule has 0 aliphatic heterocycles. The lowest BCUT2D eigenvalue weighted by atomic mass is 9.89. The maximum absolute atomic E-state index is 3.79.